The molecule has 6 heteroatoms. The van der Waals surface area contributed by atoms with Crippen molar-refractivity contribution in [2.24, 2.45) is 9.98 Å². The Hall–Kier alpha value is -4.76. The van der Waals surface area contributed by atoms with Crippen molar-refractivity contribution in [1.82, 2.24) is 0 Å². The molecule has 154 valence electrons. The molecule has 0 fully saturated rings. The summed E-state index contributed by atoms with van der Waals surface area (Å²) in [6.07, 6.45) is 3.06. The van der Waals surface area contributed by atoms with Gasteiger partial charge in [0.2, 0.25) is 12.2 Å². The monoisotopic (exact) mass is 420 g/mol. The molecular formula is C26H16N2O4. The summed E-state index contributed by atoms with van der Waals surface area (Å²) in [5.74, 6) is 2.19. The van der Waals surface area contributed by atoms with Crippen molar-refractivity contribution in [3.05, 3.63) is 97.1 Å². The van der Waals surface area contributed by atoms with Crippen LogP contribution in [0.25, 0.3) is 11.1 Å². The van der Waals surface area contributed by atoms with Crippen LogP contribution >= 0.6 is 0 Å². The summed E-state index contributed by atoms with van der Waals surface area (Å²) in [6, 6.07) is 29.1. The van der Waals surface area contributed by atoms with Crippen molar-refractivity contribution >= 4 is 23.5 Å². The van der Waals surface area contributed by atoms with Gasteiger partial charge in [0.05, 0.1) is 0 Å². The maximum atomic E-state index is 10.6. The Morgan fingerprint density at radius 3 is 1.25 bits per heavy atom. The summed E-state index contributed by atoms with van der Waals surface area (Å²) in [5, 5.41) is 0. The molecule has 0 spiro atoms. The molecule has 0 heterocycles. The predicted octanol–water partition coefficient (Wildman–Crippen LogP) is 6.87. The van der Waals surface area contributed by atoms with Crippen LogP contribution < -0.4 is 9.47 Å². The summed E-state index contributed by atoms with van der Waals surface area (Å²) in [7, 11) is 0. The van der Waals surface area contributed by atoms with E-state index < -0.39 is 0 Å². The number of carbonyl (C=O) groups excluding carboxylic acids is 2. The highest BCUT2D eigenvalue weighted by Crippen LogP contribution is 2.34. The summed E-state index contributed by atoms with van der Waals surface area (Å²) >= 11 is 0. The van der Waals surface area contributed by atoms with E-state index in [9.17, 15) is 9.59 Å². The lowest BCUT2D eigenvalue weighted by Crippen LogP contribution is -1.86. The molecule has 4 aromatic rings. The minimum atomic E-state index is 0.419. The highest BCUT2D eigenvalue weighted by atomic mass is 16.5. The molecule has 0 radical (unpaired) electrons. The number of rotatable bonds is 7. The van der Waals surface area contributed by atoms with Crippen LogP contribution in [0.4, 0.5) is 11.4 Å². The van der Waals surface area contributed by atoms with Gasteiger partial charge in [0.15, 0.2) is 11.5 Å². The Morgan fingerprint density at radius 2 is 0.875 bits per heavy atom. The lowest BCUT2D eigenvalue weighted by Gasteiger charge is -2.10. The van der Waals surface area contributed by atoms with Crippen LogP contribution in [0.15, 0.2) is 107 Å². The molecule has 0 aliphatic rings. The van der Waals surface area contributed by atoms with Crippen molar-refractivity contribution in [2.75, 3.05) is 0 Å². The zero-order valence-corrected chi connectivity index (χ0v) is 16.8. The van der Waals surface area contributed by atoms with E-state index in [0.717, 1.165) is 11.1 Å². The number of nitrogens with zero attached hydrogens (tertiary/aromatic N) is 2. The van der Waals surface area contributed by atoms with Crippen LogP contribution in [-0.2, 0) is 9.59 Å². The van der Waals surface area contributed by atoms with E-state index in [1.807, 2.05) is 48.5 Å². The van der Waals surface area contributed by atoms with Crippen molar-refractivity contribution in [2.45, 2.75) is 0 Å². The van der Waals surface area contributed by atoms with Gasteiger partial charge in [-0.15, -0.1) is 0 Å². The van der Waals surface area contributed by atoms with Gasteiger partial charge >= 0.3 is 0 Å². The Labute approximate surface area is 184 Å². The minimum absolute atomic E-state index is 0.419. The van der Waals surface area contributed by atoms with Gasteiger partial charge in [-0.3, -0.25) is 0 Å². The van der Waals surface area contributed by atoms with Gasteiger partial charge in [-0.2, -0.15) is 9.98 Å². The molecule has 0 aromatic heterocycles. The molecule has 0 atom stereocenters. The van der Waals surface area contributed by atoms with Gasteiger partial charge in [0, 0.05) is 0 Å². The zero-order valence-electron chi connectivity index (χ0n) is 16.8. The Morgan fingerprint density at radius 1 is 0.500 bits per heavy atom. The first-order valence-corrected chi connectivity index (χ1v) is 9.67. The van der Waals surface area contributed by atoms with Crippen LogP contribution in [0.1, 0.15) is 0 Å². The molecule has 0 bridgehead atoms. The minimum Gasteiger partial charge on any atom is -0.455 e. The van der Waals surface area contributed by atoms with Crippen molar-refractivity contribution < 1.29 is 19.1 Å². The van der Waals surface area contributed by atoms with E-state index in [1.165, 1.54) is 12.2 Å². The van der Waals surface area contributed by atoms with Crippen LogP contribution in [0, 0.1) is 0 Å². The highest BCUT2D eigenvalue weighted by Gasteiger charge is 2.06. The average molecular weight is 420 g/mol. The molecule has 4 rings (SSSR count). The number of hydrogen-bond donors (Lipinski definition) is 0. The van der Waals surface area contributed by atoms with Crippen molar-refractivity contribution in [3.8, 4) is 34.1 Å². The van der Waals surface area contributed by atoms with Crippen LogP contribution in [0.3, 0.4) is 0 Å². The van der Waals surface area contributed by atoms with Crippen LogP contribution in [0.2, 0.25) is 0 Å². The molecule has 6 nitrogen and oxygen atoms in total. The highest BCUT2D eigenvalue weighted by molar-refractivity contribution is 5.66. The maximum absolute atomic E-state index is 10.6. The fraction of sp³-hybridized carbons (Fsp3) is 0. The van der Waals surface area contributed by atoms with Crippen molar-refractivity contribution in [3.63, 3.8) is 0 Å². The third-order valence-electron chi connectivity index (χ3n) is 4.56. The fourth-order valence-electron chi connectivity index (χ4n) is 3.05. The van der Waals surface area contributed by atoms with Crippen LogP contribution in [0.5, 0.6) is 23.0 Å². The molecule has 0 N–H and O–H groups in total. The molecular weight excluding hydrogens is 404 g/mol. The van der Waals surface area contributed by atoms with Crippen LogP contribution in [-0.4, -0.2) is 12.2 Å². The molecule has 4 aromatic carbocycles. The molecule has 0 saturated carbocycles. The second-order valence-electron chi connectivity index (χ2n) is 6.59. The number of aliphatic imine (C=N–C) groups is 2. The molecule has 0 unspecified atom stereocenters. The topological polar surface area (TPSA) is 77.3 Å². The molecule has 0 saturated heterocycles. The third-order valence-corrected chi connectivity index (χ3v) is 4.56. The van der Waals surface area contributed by atoms with E-state index in [4.69, 9.17) is 9.47 Å². The Bertz CT molecular complexity index is 1210. The lowest BCUT2D eigenvalue weighted by molar-refractivity contribution is 0.483. The number of para-hydroxylation sites is 4. The summed E-state index contributed by atoms with van der Waals surface area (Å²) in [6.45, 7) is 0. The molecule has 0 amide bonds. The quantitative estimate of drug-likeness (QED) is 0.241. The van der Waals surface area contributed by atoms with E-state index in [2.05, 4.69) is 9.98 Å². The van der Waals surface area contributed by atoms with Gasteiger partial charge in [0.1, 0.15) is 22.9 Å². The van der Waals surface area contributed by atoms with E-state index in [1.54, 1.807) is 48.5 Å². The van der Waals surface area contributed by atoms with Crippen molar-refractivity contribution in [1.29, 1.82) is 0 Å². The molecule has 0 aliphatic heterocycles. The fourth-order valence-corrected chi connectivity index (χ4v) is 3.05. The SMILES string of the molecule is O=C=Nc1ccccc1Oc1ccc(-c2ccc(Oc3ccccc3N=C=O)cc2)cc1. The normalized spacial score (nSPS) is 9.88. The molecule has 32 heavy (non-hydrogen) atoms. The smallest absolute Gasteiger partial charge is 0.240 e. The second kappa shape index (κ2) is 9.83. The summed E-state index contributed by atoms with van der Waals surface area (Å²) in [4.78, 5) is 28.5. The number of ether oxygens (including phenoxy) is 2. The maximum Gasteiger partial charge on any atom is 0.240 e. The van der Waals surface area contributed by atoms with Gasteiger partial charge in [-0.1, -0.05) is 48.5 Å². The summed E-state index contributed by atoms with van der Waals surface area (Å²) < 4.78 is 11.7. The Balaban J connectivity index is 1.48. The first-order chi connectivity index (χ1) is 15.8. The third kappa shape index (κ3) is 4.86. The molecule has 0 aliphatic carbocycles. The summed E-state index contributed by atoms with van der Waals surface area (Å²) in [5.41, 5.74) is 2.83. The first-order valence-electron chi connectivity index (χ1n) is 9.67. The number of hydrogen-bond acceptors (Lipinski definition) is 6. The van der Waals surface area contributed by atoms with Gasteiger partial charge in [-0.25, -0.2) is 9.59 Å². The predicted molar refractivity (Wildman–Crippen MR) is 120 cm³/mol. The van der Waals surface area contributed by atoms with E-state index in [-0.39, 0.29) is 0 Å². The van der Waals surface area contributed by atoms with Gasteiger partial charge in [0.25, 0.3) is 0 Å². The number of isocyanates is 2. The van der Waals surface area contributed by atoms with E-state index >= 15 is 0 Å². The second-order valence-corrected chi connectivity index (χ2v) is 6.59. The average Bonchev–Trinajstić information content (AvgIpc) is 2.83. The first kappa shape index (κ1) is 20.5. The standard InChI is InChI=1S/C26H16N2O4/c29-17-27-23-5-1-3-7-25(23)31-21-13-9-19(10-14-21)20-11-15-22(16-12-20)32-26-8-4-2-6-24(26)28-18-30/h1-16H. The lowest BCUT2D eigenvalue weighted by atomic mass is 10.1. The van der Waals surface area contributed by atoms with Gasteiger partial charge in [-0.05, 0) is 59.7 Å². The number of benzene rings is 4. The largest absolute Gasteiger partial charge is 0.455 e. The zero-order chi connectivity index (χ0) is 22.2. The van der Waals surface area contributed by atoms with Gasteiger partial charge < -0.3 is 9.47 Å². The van der Waals surface area contributed by atoms with E-state index in [0.29, 0.717) is 34.4 Å². The Kier molecular flexibility index (Phi) is 6.30.